The fourth-order valence-corrected chi connectivity index (χ4v) is 1.85. The molecule has 1 N–H and O–H groups in total. The first-order valence-electron chi connectivity index (χ1n) is 4.82. The molecule has 0 aromatic heterocycles. The summed E-state index contributed by atoms with van der Waals surface area (Å²) in [7, 11) is 0. The third-order valence-electron chi connectivity index (χ3n) is 2.55. The van der Waals surface area contributed by atoms with Crippen molar-refractivity contribution >= 4 is 0 Å². The molecule has 0 aromatic rings. The van der Waals surface area contributed by atoms with Crippen molar-refractivity contribution in [1.82, 2.24) is 10.2 Å². The van der Waals surface area contributed by atoms with Gasteiger partial charge in [0.1, 0.15) is 0 Å². The highest BCUT2D eigenvalue weighted by Crippen LogP contribution is 2.17. The van der Waals surface area contributed by atoms with Crippen LogP contribution in [0.4, 0.5) is 0 Å². The van der Waals surface area contributed by atoms with Crippen LogP contribution in [0.2, 0.25) is 0 Å². The smallest absolute Gasteiger partial charge is 0.0334 e. The van der Waals surface area contributed by atoms with Crippen LogP contribution in [0, 0.1) is 0 Å². The molecule has 2 heteroatoms. The Bertz CT molecular complexity index is 200. The lowest BCUT2D eigenvalue weighted by atomic mass is 10.1. The molecule has 2 rings (SSSR count). The average molecular weight is 164 g/mol. The van der Waals surface area contributed by atoms with Gasteiger partial charge >= 0.3 is 0 Å². The highest BCUT2D eigenvalue weighted by Gasteiger charge is 2.12. The first-order chi connectivity index (χ1) is 5.97. The molecule has 0 radical (unpaired) electrons. The van der Waals surface area contributed by atoms with Crippen LogP contribution in [-0.4, -0.2) is 18.0 Å². The minimum absolute atomic E-state index is 1.10. The van der Waals surface area contributed by atoms with E-state index in [1.54, 1.807) is 0 Å². The van der Waals surface area contributed by atoms with E-state index in [0.29, 0.717) is 0 Å². The van der Waals surface area contributed by atoms with Crippen LogP contribution in [0.25, 0.3) is 0 Å². The van der Waals surface area contributed by atoms with Gasteiger partial charge in [0.05, 0.1) is 0 Å². The van der Waals surface area contributed by atoms with Crippen LogP contribution in [0.5, 0.6) is 0 Å². The van der Waals surface area contributed by atoms with Gasteiger partial charge in [0.2, 0.25) is 0 Å². The van der Waals surface area contributed by atoms with Gasteiger partial charge in [-0.3, -0.25) is 0 Å². The fraction of sp³-hybridized carbons (Fsp3) is 0.600. The molecule has 0 bridgehead atoms. The topological polar surface area (TPSA) is 15.3 Å². The summed E-state index contributed by atoms with van der Waals surface area (Å²) in [6, 6.07) is 0. The molecule has 0 aliphatic carbocycles. The number of hydrogen-bond donors (Lipinski definition) is 1. The van der Waals surface area contributed by atoms with Crippen molar-refractivity contribution in [2.75, 3.05) is 13.1 Å². The summed E-state index contributed by atoms with van der Waals surface area (Å²) in [5, 5.41) is 3.15. The zero-order valence-electron chi connectivity index (χ0n) is 7.42. The molecule has 0 saturated carbocycles. The normalized spacial score (nSPS) is 23.3. The minimum atomic E-state index is 1.10. The molecule has 2 heterocycles. The Morgan fingerprint density at radius 2 is 2.00 bits per heavy atom. The van der Waals surface area contributed by atoms with E-state index in [-0.39, 0.29) is 0 Å². The second-order valence-electron chi connectivity index (χ2n) is 3.46. The van der Waals surface area contributed by atoms with Crippen LogP contribution in [-0.2, 0) is 0 Å². The van der Waals surface area contributed by atoms with Crippen LogP contribution >= 0.6 is 0 Å². The van der Waals surface area contributed by atoms with E-state index < -0.39 is 0 Å². The molecule has 1 fully saturated rings. The van der Waals surface area contributed by atoms with E-state index in [1.165, 1.54) is 38.0 Å². The number of dihydropyridines is 1. The Kier molecular flexibility index (Phi) is 2.35. The fourth-order valence-electron chi connectivity index (χ4n) is 1.85. The summed E-state index contributed by atoms with van der Waals surface area (Å²) in [5.74, 6) is 0. The van der Waals surface area contributed by atoms with Crippen molar-refractivity contribution in [3.8, 4) is 0 Å². The Morgan fingerprint density at radius 1 is 1.17 bits per heavy atom. The van der Waals surface area contributed by atoms with Crippen LogP contribution in [0.15, 0.2) is 24.2 Å². The zero-order valence-corrected chi connectivity index (χ0v) is 7.42. The number of rotatable bonds is 1. The van der Waals surface area contributed by atoms with E-state index in [1.807, 2.05) is 6.20 Å². The van der Waals surface area contributed by atoms with Gasteiger partial charge in [-0.2, -0.15) is 0 Å². The lowest BCUT2D eigenvalue weighted by Crippen LogP contribution is -2.30. The van der Waals surface area contributed by atoms with E-state index in [2.05, 4.69) is 22.5 Å². The van der Waals surface area contributed by atoms with Gasteiger partial charge in [-0.25, -0.2) is 0 Å². The quantitative estimate of drug-likeness (QED) is 0.636. The summed E-state index contributed by atoms with van der Waals surface area (Å²) in [6.07, 6.45) is 11.6. The van der Waals surface area contributed by atoms with Crippen molar-refractivity contribution < 1.29 is 0 Å². The van der Waals surface area contributed by atoms with E-state index in [4.69, 9.17) is 0 Å². The molecule has 66 valence electrons. The number of hydrogen-bond acceptors (Lipinski definition) is 2. The van der Waals surface area contributed by atoms with Crippen molar-refractivity contribution in [2.24, 2.45) is 0 Å². The number of likely N-dealkylation sites (tertiary alicyclic amines) is 1. The largest absolute Gasteiger partial charge is 0.373 e. The lowest BCUT2D eigenvalue weighted by Gasteiger charge is -2.31. The van der Waals surface area contributed by atoms with Gasteiger partial charge in [0.25, 0.3) is 0 Å². The summed E-state index contributed by atoms with van der Waals surface area (Å²) >= 11 is 0. The number of nitrogens with zero attached hydrogens (tertiary/aromatic N) is 1. The van der Waals surface area contributed by atoms with Gasteiger partial charge < -0.3 is 10.2 Å². The van der Waals surface area contributed by atoms with Gasteiger partial charge in [0.15, 0.2) is 0 Å². The molecule has 2 aliphatic rings. The molecule has 0 atom stereocenters. The number of piperidine rings is 1. The summed E-state index contributed by atoms with van der Waals surface area (Å²) in [4.78, 5) is 2.50. The molecule has 0 aromatic carbocycles. The Labute approximate surface area is 73.9 Å². The third kappa shape index (κ3) is 1.63. The Balaban J connectivity index is 1.93. The lowest BCUT2D eigenvalue weighted by molar-refractivity contribution is 0.279. The van der Waals surface area contributed by atoms with Crippen molar-refractivity contribution in [2.45, 2.75) is 25.7 Å². The van der Waals surface area contributed by atoms with E-state index >= 15 is 0 Å². The molecule has 2 aliphatic heterocycles. The average Bonchev–Trinajstić information content (AvgIpc) is 2.21. The summed E-state index contributed by atoms with van der Waals surface area (Å²) in [5.41, 5.74) is 1.46. The molecule has 2 nitrogen and oxygen atoms in total. The molecular weight excluding hydrogens is 148 g/mol. The molecule has 0 amide bonds. The van der Waals surface area contributed by atoms with E-state index in [0.717, 1.165) is 6.42 Å². The maximum atomic E-state index is 3.15. The van der Waals surface area contributed by atoms with Crippen molar-refractivity contribution in [1.29, 1.82) is 0 Å². The predicted molar refractivity (Wildman–Crippen MR) is 50.4 cm³/mol. The standard InChI is InChI=1S/C10H16N2/c1-2-7-12(8-3-1)10-5-4-6-11-9-10/h4,6,9,11H,1-3,5,7-8H2. The second kappa shape index (κ2) is 3.65. The molecule has 12 heavy (non-hydrogen) atoms. The van der Waals surface area contributed by atoms with Crippen molar-refractivity contribution in [3.05, 3.63) is 24.2 Å². The predicted octanol–water partition coefficient (Wildman–Crippen LogP) is 1.82. The molecule has 0 spiro atoms. The molecule has 1 saturated heterocycles. The van der Waals surface area contributed by atoms with Crippen molar-refractivity contribution in [3.63, 3.8) is 0 Å². The summed E-state index contributed by atoms with van der Waals surface area (Å²) in [6.45, 7) is 2.50. The molecular formula is C10H16N2. The first kappa shape index (κ1) is 7.71. The Hall–Kier alpha value is -0.920. The number of allylic oxidation sites excluding steroid dienone is 1. The highest BCUT2D eigenvalue weighted by atomic mass is 15.1. The van der Waals surface area contributed by atoms with Crippen LogP contribution in [0.1, 0.15) is 25.7 Å². The maximum absolute atomic E-state index is 3.15. The summed E-state index contributed by atoms with van der Waals surface area (Å²) < 4.78 is 0. The van der Waals surface area contributed by atoms with Gasteiger partial charge in [-0.05, 0) is 25.5 Å². The minimum Gasteiger partial charge on any atom is -0.373 e. The van der Waals surface area contributed by atoms with Gasteiger partial charge in [-0.15, -0.1) is 0 Å². The SMILES string of the molecule is C1=CNC=C(N2CCCCC2)C1. The zero-order chi connectivity index (χ0) is 8.23. The highest BCUT2D eigenvalue weighted by molar-refractivity contribution is 5.11. The second-order valence-corrected chi connectivity index (χ2v) is 3.46. The monoisotopic (exact) mass is 164 g/mol. The molecule has 0 unspecified atom stereocenters. The van der Waals surface area contributed by atoms with Gasteiger partial charge in [0, 0.05) is 31.4 Å². The van der Waals surface area contributed by atoms with Crippen LogP contribution < -0.4 is 5.32 Å². The van der Waals surface area contributed by atoms with Crippen LogP contribution in [0.3, 0.4) is 0 Å². The van der Waals surface area contributed by atoms with Gasteiger partial charge in [-0.1, -0.05) is 6.08 Å². The Morgan fingerprint density at radius 3 is 2.67 bits per heavy atom. The maximum Gasteiger partial charge on any atom is 0.0334 e. The third-order valence-corrected chi connectivity index (χ3v) is 2.55. The number of nitrogens with one attached hydrogen (secondary N) is 1. The first-order valence-corrected chi connectivity index (χ1v) is 4.82. The van der Waals surface area contributed by atoms with E-state index in [9.17, 15) is 0 Å².